The van der Waals surface area contributed by atoms with Crippen molar-refractivity contribution in [2.45, 2.75) is 136 Å². The monoisotopic (exact) mass is 610 g/mol. The Hall–Kier alpha value is -2.92. The van der Waals surface area contributed by atoms with Gasteiger partial charge in [-0.1, -0.05) is 118 Å². The van der Waals surface area contributed by atoms with E-state index < -0.39 is 6.10 Å². The van der Waals surface area contributed by atoms with Gasteiger partial charge in [0.15, 0.2) is 6.10 Å². The SMILES string of the molecule is CC/C=C\C/C=C\C/C=C\C/C=C\CCCCC(=O)OC(CO)COC(=O)CCCCCCC/C=C\C/C=C\C/C=C\CC. The van der Waals surface area contributed by atoms with E-state index in [0.29, 0.717) is 12.8 Å². The van der Waals surface area contributed by atoms with Crippen molar-refractivity contribution in [1.29, 1.82) is 0 Å². The Labute approximate surface area is 269 Å². The molecule has 248 valence electrons. The number of aliphatic hydroxyl groups is 1. The molecule has 0 fully saturated rings. The predicted molar refractivity (Wildman–Crippen MR) is 186 cm³/mol. The molecule has 5 nitrogen and oxygen atoms in total. The second-order valence-electron chi connectivity index (χ2n) is 10.8. The lowest BCUT2D eigenvalue weighted by molar-refractivity contribution is -0.161. The van der Waals surface area contributed by atoms with E-state index in [-0.39, 0.29) is 25.2 Å². The largest absolute Gasteiger partial charge is 0.462 e. The lowest BCUT2D eigenvalue weighted by atomic mass is 10.1. The molecule has 5 heteroatoms. The molecule has 0 aliphatic rings. The van der Waals surface area contributed by atoms with Crippen LogP contribution < -0.4 is 0 Å². The molecule has 1 N–H and O–H groups in total. The summed E-state index contributed by atoms with van der Waals surface area (Å²) in [6, 6.07) is 0. The van der Waals surface area contributed by atoms with E-state index in [1.165, 1.54) is 0 Å². The lowest BCUT2D eigenvalue weighted by Crippen LogP contribution is -2.28. The summed E-state index contributed by atoms with van der Waals surface area (Å²) in [6.45, 7) is 3.83. The molecule has 0 amide bonds. The molecular formula is C39H62O5. The summed E-state index contributed by atoms with van der Waals surface area (Å²) >= 11 is 0. The topological polar surface area (TPSA) is 72.8 Å². The minimum atomic E-state index is -0.803. The highest BCUT2D eigenvalue weighted by molar-refractivity contribution is 5.70. The first-order chi connectivity index (χ1) is 21.6. The summed E-state index contributed by atoms with van der Waals surface area (Å²) in [6.07, 6.45) is 46.4. The Morgan fingerprint density at radius 1 is 0.523 bits per heavy atom. The molecule has 0 aromatic rings. The van der Waals surface area contributed by atoms with Crippen LogP contribution in [0.15, 0.2) is 85.1 Å². The average molecular weight is 611 g/mol. The van der Waals surface area contributed by atoms with Gasteiger partial charge in [0.2, 0.25) is 0 Å². The number of carbonyl (C=O) groups excluding carboxylic acids is 2. The maximum atomic E-state index is 12.1. The van der Waals surface area contributed by atoms with Crippen LogP contribution in [0.1, 0.15) is 129 Å². The number of esters is 2. The van der Waals surface area contributed by atoms with Crippen molar-refractivity contribution >= 4 is 11.9 Å². The Morgan fingerprint density at radius 2 is 0.909 bits per heavy atom. The first-order valence-corrected chi connectivity index (χ1v) is 17.1. The summed E-state index contributed by atoms with van der Waals surface area (Å²) < 4.78 is 10.5. The Morgan fingerprint density at radius 3 is 1.41 bits per heavy atom. The third kappa shape index (κ3) is 32.0. The minimum Gasteiger partial charge on any atom is -0.462 e. The summed E-state index contributed by atoms with van der Waals surface area (Å²) in [7, 11) is 0. The number of ether oxygens (including phenoxy) is 2. The molecule has 0 aliphatic heterocycles. The van der Waals surface area contributed by atoms with E-state index in [0.717, 1.165) is 103 Å². The average Bonchev–Trinajstić information content (AvgIpc) is 3.02. The van der Waals surface area contributed by atoms with Crippen LogP contribution in [0.2, 0.25) is 0 Å². The minimum absolute atomic E-state index is 0.0972. The van der Waals surface area contributed by atoms with Crippen LogP contribution in [0.3, 0.4) is 0 Å². The fraction of sp³-hybridized carbons (Fsp3) is 0.590. The second kappa shape index (κ2) is 34.6. The molecule has 0 radical (unpaired) electrons. The van der Waals surface area contributed by atoms with E-state index in [4.69, 9.17) is 9.47 Å². The van der Waals surface area contributed by atoms with E-state index in [2.05, 4.69) is 98.9 Å². The Bertz CT molecular complexity index is 875. The number of aliphatic hydroxyl groups excluding tert-OH is 1. The number of allylic oxidation sites excluding steroid dienone is 14. The summed E-state index contributed by atoms with van der Waals surface area (Å²) in [5.74, 6) is -0.671. The molecule has 0 aromatic carbocycles. The van der Waals surface area contributed by atoms with Crippen molar-refractivity contribution in [1.82, 2.24) is 0 Å². The van der Waals surface area contributed by atoms with Crippen LogP contribution in [-0.2, 0) is 19.1 Å². The van der Waals surface area contributed by atoms with Crippen molar-refractivity contribution in [3.63, 3.8) is 0 Å². The fourth-order valence-electron chi connectivity index (χ4n) is 4.14. The highest BCUT2D eigenvalue weighted by Crippen LogP contribution is 2.10. The standard InChI is InChI=1S/C39H62O5/c1-3-5-7-9-11-13-15-17-19-21-23-25-27-29-31-33-38(41)43-36-37(35-40)44-39(42)34-32-30-28-26-24-22-20-18-16-14-12-10-8-6-4-2/h5-8,11-14,17-20,24,26,37,40H,3-4,9-10,15-16,21-23,25,27-36H2,1-2H3/b7-5-,8-6-,13-11-,14-12-,19-17-,20-18-,26-24-. The van der Waals surface area contributed by atoms with Crippen molar-refractivity contribution in [3.8, 4) is 0 Å². The summed E-state index contributed by atoms with van der Waals surface area (Å²) in [4.78, 5) is 24.1. The van der Waals surface area contributed by atoms with Crippen molar-refractivity contribution in [2.24, 2.45) is 0 Å². The molecule has 0 saturated heterocycles. The van der Waals surface area contributed by atoms with Crippen molar-refractivity contribution in [2.75, 3.05) is 13.2 Å². The normalized spacial score (nSPS) is 13.2. The van der Waals surface area contributed by atoms with Crippen LogP contribution >= 0.6 is 0 Å². The van der Waals surface area contributed by atoms with E-state index in [1.807, 2.05) is 0 Å². The van der Waals surface area contributed by atoms with Gasteiger partial charge in [-0.25, -0.2) is 0 Å². The van der Waals surface area contributed by atoms with Crippen molar-refractivity contribution in [3.05, 3.63) is 85.1 Å². The number of hydrogen-bond acceptors (Lipinski definition) is 5. The molecule has 44 heavy (non-hydrogen) atoms. The second-order valence-corrected chi connectivity index (χ2v) is 10.8. The Balaban J connectivity index is 3.73. The molecule has 0 aliphatic carbocycles. The zero-order valence-corrected chi connectivity index (χ0v) is 27.9. The fourth-order valence-corrected chi connectivity index (χ4v) is 4.14. The van der Waals surface area contributed by atoms with Gasteiger partial charge in [0.05, 0.1) is 6.61 Å². The highest BCUT2D eigenvalue weighted by Gasteiger charge is 2.15. The first kappa shape index (κ1) is 41.1. The number of hydrogen-bond donors (Lipinski definition) is 1. The van der Waals surface area contributed by atoms with E-state index in [1.54, 1.807) is 0 Å². The number of unbranched alkanes of at least 4 members (excludes halogenated alkanes) is 7. The van der Waals surface area contributed by atoms with Gasteiger partial charge in [0.1, 0.15) is 6.61 Å². The zero-order chi connectivity index (χ0) is 32.2. The molecular weight excluding hydrogens is 548 g/mol. The molecule has 0 rings (SSSR count). The van der Waals surface area contributed by atoms with E-state index in [9.17, 15) is 14.7 Å². The molecule has 0 heterocycles. The molecule has 0 aromatic heterocycles. The van der Waals surface area contributed by atoms with Gasteiger partial charge in [0.25, 0.3) is 0 Å². The Kier molecular flexibility index (Phi) is 32.3. The van der Waals surface area contributed by atoms with Crippen LogP contribution in [-0.4, -0.2) is 36.4 Å². The smallest absolute Gasteiger partial charge is 0.306 e. The quantitative estimate of drug-likeness (QED) is 0.0518. The molecule has 0 spiro atoms. The van der Waals surface area contributed by atoms with Gasteiger partial charge in [0, 0.05) is 12.8 Å². The lowest BCUT2D eigenvalue weighted by Gasteiger charge is -2.15. The number of rotatable bonds is 29. The maximum Gasteiger partial charge on any atom is 0.306 e. The number of carbonyl (C=O) groups is 2. The zero-order valence-electron chi connectivity index (χ0n) is 27.9. The van der Waals surface area contributed by atoms with Gasteiger partial charge in [-0.15, -0.1) is 0 Å². The van der Waals surface area contributed by atoms with E-state index >= 15 is 0 Å². The van der Waals surface area contributed by atoms with Crippen LogP contribution in [0.25, 0.3) is 0 Å². The molecule has 1 unspecified atom stereocenters. The maximum absolute atomic E-state index is 12.1. The molecule has 1 atom stereocenters. The van der Waals surface area contributed by atoms with Gasteiger partial charge in [-0.2, -0.15) is 0 Å². The van der Waals surface area contributed by atoms with Gasteiger partial charge < -0.3 is 14.6 Å². The predicted octanol–water partition coefficient (Wildman–Crippen LogP) is 10.4. The highest BCUT2D eigenvalue weighted by atomic mass is 16.6. The molecule has 0 saturated carbocycles. The van der Waals surface area contributed by atoms with Crippen LogP contribution in [0.5, 0.6) is 0 Å². The van der Waals surface area contributed by atoms with Gasteiger partial charge >= 0.3 is 11.9 Å². The summed E-state index contributed by atoms with van der Waals surface area (Å²) in [5.41, 5.74) is 0. The van der Waals surface area contributed by atoms with Crippen LogP contribution in [0, 0.1) is 0 Å². The summed E-state index contributed by atoms with van der Waals surface area (Å²) in [5, 5.41) is 9.51. The van der Waals surface area contributed by atoms with Gasteiger partial charge in [-0.3, -0.25) is 9.59 Å². The molecule has 0 bridgehead atoms. The van der Waals surface area contributed by atoms with Gasteiger partial charge in [-0.05, 0) is 83.5 Å². The van der Waals surface area contributed by atoms with Crippen LogP contribution in [0.4, 0.5) is 0 Å². The third-order valence-corrected chi connectivity index (χ3v) is 6.68. The first-order valence-electron chi connectivity index (χ1n) is 17.1. The third-order valence-electron chi connectivity index (χ3n) is 6.68. The van der Waals surface area contributed by atoms with Crippen molar-refractivity contribution < 1.29 is 24.2 Å².